The van der Waals surface area contributed by atoms with Gasteiger partial charge in [-0.05, 0) is 23.3 Å². The Balaban J connectivity index is 3.09. The van der Waals surface area contributed by atoms with Crippen LogP contribution in [-0.2, 0) is 0 Å². The fourth-order valence-electron chi connectivity index (χ4n) is 0.848. The van der Waals surface area contributed by atoms with Crippen LogP contribution in [0.3, 0.4) is 0 Å². The Morgan fingerprint density at radius 2 is 2.25 bits per heavy atom. The first kappa shape index (κ1) is 9.75. The normalized spacial score (nSPS) is 9.92. The van der Waals surface area contributed by atoms with Crippen molar-refractivity contribution in [3.63, 3.8) is 0 Å². The lowest BCUT2D eigenvalue weighted by atomic mass is 10.1. The van der Waals surface area contributed by atoms with Gasteiger partial charge in [0.1, 0.15) is 5.82 Å². The summed E-state index contributed by atoms with van der Waals surface area (Å²) in [5.74, 6) is 0.0810. The van der Waals surface area contributed by atoms with Crippen LogP contribution in [0.4, 0.5) is 4.39 Å². The van der Waals surface area contributed by atoms with Gasteiger partial charge in [-0.3, -0.25) is 0 Å². The van der Waals surface area contributed by atoms with E-state index in [4.69, 9.17) is 11.6 Å². The van der Waals surface area contributed by atoms with Crippen LogP contribution in [0, 0.1) is 5.82 Å². The Morgan fingerprint density at radius 3 is 2.75 bits per heavy atom. The predicted molar refractivity (Wildman–Crippen MR) is 53.9 cm³/mol. The monoisotopic (exact) mass is 248 g/mol. The maximum atomic E-state index is 12.6. The van der Waals surface area contributed by atoms with Crippen molar-refractivity contribution in [2.75, 3.05) is 5.88 Å². The first-order valence-electron chi connectivity index (χ1n) is 3.34. The number of allylic oxidation sites excluding steroid dienone is 1. The molecular weight excluding hydrogens is 242 g/mol. The van der Waals surface area contributed by atoms with Crippen molar-refractivity contribution in [1.29, 1.82) is 0 Å². The van der Waals surface area contributed by atoms with E-state index in [0.717, 1.165) is 11.1 Å². The van der Waals surface area contributed by atoms with Gasteiger partial charge in [-0.1, -0.05) is 28.6 Å². The first-order valence-corrected chi connectivity index (χ1v) is 4.67. The minimum Gasteiger partial charge on any atom is -0.207 e. The molecule has 0 saturated carbocycles. The molecule has 64 valence electrons. The van der Waals surface area contributed by atoms with Gasteiger partial charge in [0.2, 0.25) is 0 Å². The maximum Gasteiger partial charge on any atom is 0.124 e. The highest BCUT2D eigenvalue weighted by atomic mass is 79.9. The van der Waals surface area contributed by atoms with Crippen LogP contribution in [0.5, 0.6) is 0 Å². The first-order chi connectivity index (χ1) is 5.65. The third-order valence-corrected chi connectivity index (χ3v) is 2.45. The van der Waals surface area contributed by atoms with E-state index < -0.39 is 0 Å². The van der Waals surface area contributed by atoms with Gasteiger partial charge >= 0.3 is 0 Å². The molecule has 0 amide bonds. The van der Waals surface area contributed by atoms with Gasteiger partial charge in [0.05, 0.1) is 0 Å². The minimum absolute atomic E-state index is 0.270. The summed E-state index contributed by atoms with van der Waals surface area (Å²) in [6, 6.07) is 4.44. The summed E-state index contributed by atoms with van der Waals surface area (Å²) in [7, 11) is 0. The molecule has 3 heteroatoms. The maximum absolute atomic E-state index is 12.6. The lowest BCUT2D eigenvalue weighted by Gasteiger charge is -2.04. The van der Waals surface area contributed by atoms with Gasteiger partial charge < -0.3 is 0 Å². The molecule has 12 heavy (non-hydrogen) atoms. The number of halogens is 3. The zero-order valence-electron chi connectivity index (χ0n) is 6.28. The minimum atomic E-state index is -0.270. The highest BCUT2D eigenvalue weighted by molar-refractivity contribution is 9.10. The molecule has 0 heterocycles. The zero-order chi connectivity index (χ0) is 9.14. The highest BCUT2D eigenvalue weighted by Gasteiger charge is 2.03. The Bertz CT molecular complexity index is 309. The Kier molecular flexibility index (Phi) is 3.29. The van der Waals surface area contributed by atoms with E-state index in [-0.39, 0.29) is 5.82 Å². The second-order valence-corrected chi connectivity index (χ2v) is 3.48. The summed E-state index contributed by atoms with van der Waals surface area (Å²) in [6.45, 7) is 3.75. The van der Waals surface area contributed by atoms with Crippen LogP contribution in [0.1, 0.15) is 5.56 Å². The SMILES string of the molecule is C=C(CCl)c1ccc(F)cc1Br. The van der Waals surface area contributed by atoms with E-state index in [9.17, 15) is 4.39 Å². The molecule has 0 bridgehead atoms. The third-order valence-electron chi connectivity index (χ3n) is 1.47. The summed E-state index contributed by atoms with van der Waals surface area (Å²) >= 11 is 8.81. The van der Waals surface area contributed by atoms with Crippen molar-refractivity contribution in [3.05, 3.63) is 40.6 Å². The molecule has 0 radical (unpaired) electrons. The van der Waals surface area contributed by atoms with Crippen molar-refractivity contribution in [1.82, 2.24) is 0 Å². The Labute approximate surface area is 84.2 Å². The lowest BCUT2D eigenvalue weighted by molar-refractivity contribution is 0.627. The van der Waals surface area contributed by atoms with Crippen LogP contribution < -0.4 is 0 Å². The zero-order valence-corrected chi connectivity index (χ0v) is 8.62. The molecule has 1 aromatic rings. The number of alkyl halides is 1. The van der Waals surface area contributed by atoms with Crippen molar-refractivity contribution in [2.45, 2.75) is 0 Å². The van der Waals surface area contributed by atoms with Crippen molar-refractivity contribution < 1.29 is 4.39 Å². The van der Waals surface area contributed by atoms with Crippen LogP contribution in [0.15, 0.2) is 29.3 Å². The van der Waals surface area contributed by atoms with Crippen LogP contribution >= 0.6 is 27.5 Å². The van der Waals surface area contributed by atoms with Gasteiger partial charge in [-0.15, -0.1) is 11.6 Å². The molecule has 0 aromatic heterocycles. The van der Waals surface area contributed by atoms with Crippen LogP contribution in [-0.4, -0.2) is 5.88 Å². The van der Waals surface area contributed by atoms with E-state index in [1.54, 1.807) is 6.07 Å². The standard InChI is InChI=1S/C9H7BrClF/c1-6(5-11)8-3-2-7(12)4-9(8)10/h2-4H,1,5H2. The molecule has 0 spiro atoms. The van der Waals surface area contributed by atoms with E-state index >= 15 is 0 Å². The molecule has 0 saturated heterocycles. The Morgan fingerprint density at radius 1 is 1.58 bits per heavy atom. The number of hydrogen-bond donors (Lipinski definition) is 0. The quantitative estimate of drug-likeness (QED) is 0.699. The average Bonchev–Trinajstić information content (AvgIpc) is 2.03. The molecule has 1 aromatic carbocycles. The van der Waals surface area contributed by atoms with Crippen molar-refractivity contribution in [2.24, 2.45) is 0 Å². The largest absolute Gasteiger partial charge is 0.207 e. The van der Waals surface area contributed by atoms with Crippen LogP contribution in [0.25, 0.3) is 5.57 Å². The van der Waals surface area contributed by atoms with Gasteiger partial charge in [0.25, 0.3) is 0 Å². The summed E-state index contributed by atoms with van der Waals surface area (Å²) in [5, 5.41) is 0. The van der Waals surface area contributed by atoms with Gasteiger partial charge in [-0.2, -0.15) is 0 Å². The molecule has 1 rings (SSSR count). The Hall–Kier alpha value is -0.340. The van der Waals surface area contributed by atoms with E-state index in [2.05, 4.69) is 22.5 Å². The summed E-state index contributed by atoms with van der Waals surface area (Å²) < 4.78 is 13.3. The highest BCUT2D eigenvalue weighted by Crippen LogP contribution is 2.24. The van der Waals surface area contributed by atoms with Crippen LogP contribution in [0.2, 0.25) is 0 Å². The van der Waals surface area contributed by atoms with E-state index in [1.807, 2.05) is 0 Å². The molecule has 0 aliphatic heterocycles. The average molecular weight is 250 g/mol. The second kappa shape index (κ2) is 4.06. The predicted octanol–water partition coefficient (Wildman–Crippen LogP) is 3.84. The second-order valence-electron chi connectivity index (χ2n) is 2.36. The molecule has 0 N–H and O–H groups in total. The summed E-state index contributed by atoms with van der Waals surface area (Å²) in [4.78, 5) is 0. The molecule has 0 atom stereocenters. The summed E-state index contributed by atoms with van der Waals surface area (Å²) in [6.07, 6.45) is 0. The number of benzene rings is 1. The molecule has 0 aliphatic carbocycles. The fourth-order valence-corrected chi connectivity index (χ4v) is 1.62. The molecule has 0 nitrogen and oxygen atoms in total. The molecular formula is C9H7BrClF. The van der Waals surface area contributed by atoms with Crippen molar-refractivity contribution in [3.8, 4) is 0 Å². The van der Waals surface area contributed by atoms with Gasteiger partial charge in [0.15, 0.2) is 0 Å². The topological polar surface area (TPSA) is 0 Å². The van der Waals surface area contributed by atoms with E-state index in [0.29, 0.717) is 10.4 Å². The smallest absolute Gasteiger partial charge is 0.124 e. The van der Waals surface area contributed by atoms with E-state index in [1.165, 1.54) is 12.1 Å². The summed E-state index contributed by atoms with van der Waals surface area (Å²) in [5.41, 5.74) is 1.63. The van der Waals surface area contributed by atoms with Gasteiger partial charge in [-0.25, -0.2) is 4.39 Å². The van der Waals surface area contributed by atoms with Crippen molar-refractivity contribution >= 4 is 33.1 Å². The van der Waals surface area contributed by atoms with Gasteiger partial charge in [0, 0.05) is 10.4 Å². The molecule has 0 fully saturated rings. The molecule has 0 aliphatic rings. The third kappa shape index (κ3) is 2.08. The lowest BCUT2D eigenvalue weighted by Crippen LogP contribution is -1.86. The number of hydrogen-bond acceptors (Lipinski definition) is 0. The fraction of sp³-hybridized carbons (Fsp3) is 0.111. The molecule has 0 unspecified atom stereocenters. The number of rotatable bonds is 2.